The number of nitrogens with one attached hydrogen (secondary N) is 1. The summed E-state index contributed by atoms with van der Waals surface area (Å²) in [5.41, 5.74) is 0. The fraction of sp³-hybridized carbons (Fsp3) is 0.676. The van der Waals surface area contributed by atoms with Gasteiger partial charge in [-0.1, -0.05) is 282 Å². The fourth-order valence-corrected chi connectivity index (χ4v) is 9.46. The van der Waals surface area contributed by atoms with Crippen LogP contribution in [0, 0.1) is 0 Å². The molecule has 80 heavy (non-hydrogen) atoms. The topological polar surface area (TPSA) is 149 Å². The van der Waals surface area contributed by atoms with E-state index in [1.807, 2.05) is 0 Å². The summed E-state index contributed by atoms with van der Waals surface area (Å²) in [4.78, 5) is 13.1. The summed E-state index contributed by atoms with van der Waals surface area (Å²) in [5.74, 6) is -0.160. The van der Waals surface area contributed by atoms with Crippen LogP contribution in [0.5, 0.6) is 0 Å². The molecule has 1 aliphatic rings. The largest absolute Gasteiger partial charge is 0.394 e. The Balaban J connectivity index is 2.15. The van der Waals surface area contributed by atoms with E-state index in [-0.39, 0.29) is 12.5 Å². The molecule has 7 unspecified atom stereocenters. The minimum atomic E-state index is -1.56. The van der Waals surface area contributed by atoms with Crippen molar-refractivity contribution >= 4 is 5.91 Å². The molecule has 1 fully saturated rings. The highest BCUT2D eigenvalue weighted by Gasteiger charge is 2.44. The van der Waals surface area contributed by atoms with E-state index in [0.717, 1.165) is 122 Å². The number of aliphatic hydroxyl groups excluding tert-OH is 5. The number of amides is 1. The molecule has 7 atom stereocenters. The van der Waals surface area contributed by atoms with Gasteiger partial charge in [0, 0.05) is 6.42 Å². The quantitative estimate of drug-likeness (QED) is 0.0261. The number of aliphatic hydroxyl groups is 5. The average molecular weight is 1110 g/mol. The number of hydrogen-bond acceptors (Lipinski definition) is 8. The second-order valence-corrected chi connectivity index (χ2v) is 21.8. The number of carbonyl (C=O) groups is 1. The van der Waals surface area contributed by atoms with E-state index in [1.54, 1.807) is 0 Å². The molecule has 1 saturated heterocycles. The Morgan fingerprint density at radius 3 is 1.15 bits per heavy atom. The van der Waals surface area contributed by atoms with Gasteiger partial charge in [-0.25, -0.2) is 0 Å². The second kappa shape index (κ2) is 58.5. The molecule has 456 valence electrons. The van der Waals surface area contributed by atoms with Gasteiger partial charge in [-0.3, -0.25) is 4.79 Å². The number of allylic oxidation sites excluding steroid dienone is 22. The number of ether oxygens (including phenoxy) is 2. The molecule has 9 nitrogen and oxygen atoms in total. The van der Waals surface area contributed by atoms with Crippen LogP contribution in [0.25, 0.3) is 0 Å². The Labute approximate surface area is 490 Å². The normalized spacial score (nSPS) is 19.4. The highest BCUT2D eigenvalue weighted by Crippen LogP contribution is 2.23. The van der Waals surface area contributed by atoms with Crippen molar-refractivity contribution in [2.24, 2.45) is 0 Å². The van der Waals surface area contributed by atoms with Crippen LogP contribution < -0.4 is 5.32 Å². The first-order valence-corrected chi connectivity index (χ1v) is 32.4. The van der Waals surface area contributed by atoms with Crippen molar-refractivity contribution in [2.45, 2.75) is 294 Å². The molecule has 9 heteroatoms. The summed E-state index contributed by atoms with van der Waals surface area (Å²) in [6, 6.07) is -0.734. The molecule has 0 spiro atoms. The molecule has 0 aromatic rings. The third-order valence-electron chi connectivity index (χ3n) is 14.5. The first-order valence-electron chi connectivity index (χ1n) is 32.4. The molecule has 1 heterocycles. The van der Waals surface area contributed by atoms with Crippen LogP contribution in [-0.4, -0.2) is 87.5 Å². The van der Waals surface area contributed by atoms with Crippen LogP contribution in [0.15, 0.2) is 134 Å². The van der Waals surface area contributed by atoms with E-state index in [9.17, 15) is 30.3 Å². The highest BCUT2D eigenvalue weighted by atomic mass is 16.7. The van der Waals surface area contributed by atoms with Crippen LogP contribution in [0.3, 0.4) is 0 Å². The van der Waals surface area contributed by atoms with Crippen molar-refractivity contribution < 1.29 is 39.8 Å². The molecule has 0 radical (unpaired) electrons. The van der Waals surface area contributed by atoms with Crippen LogP contribution in [0.4, 0.5) is 0 Å². The highest BCUT2D eigenvalue weighted by molar-refractivity contribution is 5.76. The minimum Gasteiger partial charge on any atom is -0.394 e. The van der Waals surface area contributed by atoms with E-state index in [4.69, 9.17) is 9.47 Å². The first-order chi connectivity index (χ1) is 39.3. The van der Waals surface area contributed by atoms with Crippen molar-refractivity contribution in [3.63, 3.8) is 0 Å². The summed E-state index contributed by atoms with van der Waals surface area (Å²) >= 11 is 0. The number of carbonyl (C=O) groups excluding carboxylic acids is 1. The van der Waals surface area contributed by atoms with E-state index in [1.165, 1.54) is 103 Å². The number of hydrogen-bond donors (Lipinski definition) is 6. The lowest BCUT2D eigenvalue weighted by Crippen LogP contribution is -2.60. The molecule has 0 bridgehead atoms. The SMILES string of the molecule is CC/C=C\C/C=C\C/C=C\C/C=C\C/C=C\C/C=C\C/C=C\C/C=C\C/C=C\C/C=C\C/C=C\CCCCCCCCCC(=O)NC(COC1OC(CO)C(O)C(O)C1O)C(O)CCCCCCCCCCCCCCCCCC. The van der Waals surface area contributed by atoms with Crippen molar-refractivity contribution in [3.05, 3.63) is 134 Å². The Hall–Kier alpha value is -3.67. The summed E-state index contributed by atoms with van der Waals surface area (Å²) in [6.07, 6.45) is 82.0. The maximum Gasteiger partial charge on any atom is 0.220 e. The van der Waals surface area contributed by atoms with E-state index < -0.39 is 49.5 Å². The van der Waals surface area contributed by atoms with E-state index in [2.05, 4.69) is 153 Å². The van der Waals surface area contributed by atoms with Crippen LogP contribution in [-0.2, 0) is 14.3 Å². The summed E-state index contributed by atoms with van der Waals surface area (Å²) in [6.45, 7) is 3.72. The monoisotopic (exact) mass is 1110 g/mol. The van der Waals surface area contributed by atoms with E-state index in [0.29, 0.717) is 12.8 Å². The lowest BCUT2D eigenvalue weighted by atomic mass is 9.99. The predicted molar refractivity (Wildman–Crippen MR) is 340 cm³/mol. The number of rotatable bonds is 54. The molecule has 6 N–H and O–H groups in total. The smallest absolute Gasteiger partial charge is 0.220 e. The van der Waals surface area contributed by atoms with Gasteiger partial charge < -0.3 is 40.3 Å². The molecule has 0 aliphatic carbocycles. The molecular weight excluding hydrogens is 995 g/mol. The first kappa shape index (κ1) is 74.3. The van der Waals surface area contributed by atoms with Gasteiger partial charge in [0.2, 0.25) is 5.91 Å². The molecular formula is C71H119NO8. The van der Waals surface area contributed by atoms with Gasteiger partial charge in [-0.05, 0) is 96.3 Å². The van der Waals surface area contributed by atoms with Gasteiger partial charge in [0.15, 0.2) is 6.29 Å². The van der Waals surface area contributed by atoms with Crippen molar-refractivity contribution in [1.29, 1.82) is 0 Å². The van der Waals surface area contributed by atoms with Gasteiger partial charge in [-0.15, -0.1) is 0 Å². The third kappa shape index (κ3) is 46.9. The van der Waals surface area contributed by atoms with Crippen LogP contribution in [0.1, 0.15) is 251 Å². The van der Waals surface area contributed by atoms with E-state index >= 15 is 0 Å². The fourth-order valence-electron chi connectivity index (χ4n) is 9.46. The Bertz CT molecular complexity index is 1720. The zero-order valence-corrected chi connectivity index (χ0v) is 50.8. The Kier molecular flexibility index (Phi) is 54.4. The van der Waals surface area contributed by atoms with Crippen molar-refractivity contribution in [2.75, 3.05) is 13.2 Å². The van der Waals surface area contributed by atoms with Crippen LogP contribution in [0.2, 0.25) is 0 Å². The Morgan fingerprint density at radius 1 is 0.438 bits per heavy atom. The predicted octanol–water partition coefficient (Wildman–Crippen LogP) is 17.2. The lowest BCUT2D eigenvalue weighted by molar-refractivity contribution is -0.302. The maximum absolute atomic E-state index is 13.1. The summed E-state index contributed by atoms with van der Waals surface area (Å²) in [7, 11) is 0. The van der Waals surface area contributed by atoms with Gasteiger partial charge in [-0.2, -0.15) is 0 Å². The van der Waals surface area contributed by atoms with Gasteiger partial charge >= 0.3 is 0 Å². The summed E-state index contributed by atoms with van der Waals surface area (Å²) in [5, 5.41) is 54.7. The standard InChI is InChI=1S/C71H119NO8/c1-3-5-7-9-11-13-15-17-19-21-22-23-24-25-26-27-28-29-30-31-32-33-34-35-36-37-38-39-40-41-42-43-44-45-47-49-51-53-55-57-59-61-67(75)72-64(63-79-71-70(78)69(77)68(76)66(62-73)80-71)65(74)60-58-56-54-52-50-48-46-20-18-16-14-12-10-8-6-4-2/h5,7,11,13,17,19,22-23,25-26,28-29,31-32,34-35,37-38,40-41,43-44,64-66,68-71,73-74,76-78H,3-4,6,8-10,12,14-16,18,20-21,24,27,30,33,36,39,42,45-63H2,1-2H3,(H,72,75)/b7-5-,13-11-,19-17-,23-22-,26-25-,29-28-,32-31-,35-34-,38-37-,41-40-,44-43-. The van der Waals surface area contributed by atoms with Crippen molar-refractivity contribution in [3.8, 4) is 0 Å². The summed E-state index contributed by atoms with van der Waals surface area (Å²) < 4.78 is 11.3. The molecule has 0 aromatic heterocycles. The minimum absolute atomic E-state index is 0.149. The second-order valence-electron chi connectivity index (χ2n) is 21.8. The maximum atomic E-state index is 13.1. The lowest BCUT2D eigenvalue weighted by Gasteiger charge is -2.40. The van der Waals surface area contributed by atoms with Gasteiger partial charge in [0.25, 0.3) is 0 Å². The van der Waals surface area contributed by atoms with Gasteiger partial charge in [0.05, 0.1) is 25.4 Å². The van der Waals surface area contributed by atoms with Crippen molar-refractivity contribution in [1.82, 2.24) is 5.32 Å². The zero-order valence-electron chi connectivity index (χ0n) is 50.8. The molecule has 1 amide bonds. The zero-order chi connectivity index (χ0) is 57.9. The molecule has 0 aromatic carbocycles. The molecule has 1 rings (SSSR count). The van der Waals surface area contributed by atoms with Gasteiger partial charge in [0.1, 0.15) is 24.4 Å². The number of unbranched alkanes of at least 4 members (excludes halogenated alkanes) is 22. The Morgan fingerprint density at radius 2 is 0.775 bits per heavy atom. The molecule has 1 aliphatic heterocycles. The third-order valence-corrected chi connectivity index (χ3v) is 14.5. The average Bonchev–Trinajstić information content (AvgIpc) is 3.46. The molecule has 0 saturated carbocycles. The van der Waals surface area contributed by atoms with Crippen LogP contribution >= 0.6 is 0 Å².